The highest BCUT2D eigenvalue weighted by atomic mass is 15.3. The fraction of sp³-hybridized carbons (Fsp3) is 0.407. The Labute approximate surface area is 195 Å². The van der Waals surface area contributed by atoms with E-state index in [1.807, 2.05) is 12.1 Å². The molecule has 3 aliphatic rings. The first-order valence-corrected chi connectivity index (χ1v) is 12.1. The van der Waals surface area contributed by atoms with Crippen molar-refractivity contribution in [3.8, 4) is 6.07 Å². The molecular formula is C27H30N6. The first-order valence-electron chi connectivity index (χ1n) is 12.1. The minimum Gasteiger partial charge on any atom is -0.369 e. The van der Waals surface area contributed by atoms with E-state index in [2.05, 4.69) is 68.3 Å². The number of nitriles is 1. The number of nitrogens with one attached hydrogen (secondary N) is 1. The Bertz CT molecular complexity index is 1220. The lowest BCUT2D eigenvalue weighted by atomic mass is 9.89. The standard InChI is InChI=1S/C27H30N6/c1-19-16-32(26-7-5-20(15-28)27-25(26)3-2-8-30-27)18-24-14-22-13-23(31-11-9-29-10-12-31)6-4-21(22)17-33(19)24/h2-8,13,19,24,29H,9-12,14,16-18H2,1H3/t19-,24+/m1/s1. The normalized spacial score (nSPS) is 23.2. The molecule has 6 heteroatoms. The number of rotatable bonds is 2. The zero-order chi connectivity index (χ0) is 22.4. The third kappa shape index (κ3) is 3.62. The maximum atomic E-state index is 9.53. The number of hydrogen-bond acceptors (Lipinski definition) is 6. The molecule has 0 amide bonds. The van der Waals surface area contributed by atoms with Gasteiger partial charge in [0.15, 0.2) is 0 Å². The lowest BCUT2D eigenvalue weighted by molar-refractivity contribution is 0.101. The molecule has 6 nitrogen and oxygen atoms in total. The van der Waals surface area contributed by atoms with Crippen molar-refractivity contribution in [1.82, 2.24) is 15.2 Å². The highest BCUT2D eigenvalue weighted by Gasteiger charge is 2.36. The lowest BCUT2D eigenvalue weighted by Crippen LogP contribution is -2.59. The Balaban J connectivity index is 1.30. The molecule has 2 fully saturated rings. The molecule has 6 rings (SSSR count). The second kappa shape index (κ2) is 8.33. The van der Waals surface area contributed by atoms with E-state index < -0.39 is 0 Å². The van der Waals surface area contributed by atoms with Crippen LogP contribution in [0.15, 0.2) is 48.7 Å². The molecule has 0 bridgehead atoms. The highest BCUT2D eigenvalue weighted by Crippen LogP contribution is 2.35. The quantitative estimate of drug-likeness (QED) is 0.663. The van der Waals surface area contributed by atoms with Gasteiger partial charge in [-0.25, -0.2) is 0 Å². The van der Waals surface area contributed by atoms with Gasteiger partial charge in [0.2, 0.25) is 0 Å². The van der Waals surface area contributed by atoms with Crippen LogP contribution in [0, 0.1) is 11.3 Å². The zero-order valence-electron chi connectivity index (χ0n) is 19.2. The van der Waals surface area contributed by atoms with Crippen molar-refractivity contribution in [1.29, 1.82) is 5.26 Å². The van der Waals surface area contributed by atoms with Gasteiger partial charge in [-0.1, -0.05) is 6.07 Å². The van der Waals surface area contributed by atoms with E-state index >= 15 is 0 Å². The molecular weight excluding hydrogens is 408 g/mol. The largest absolute Gasteiger partial charge is 0.369 e. The van der Waals surface area contributed by atoms with Crippen LogP contribution in [0.2, 0.25) is 0 Å². The van der Waals surface area contributed by atoms with Crippen molar-refractivity contribution in [2.45, 2.75) is 32.0 Å². The molecule has 168 valence electrons. The van der Waals surface area contributed by atoms with E-state index in [1.54, 1.807) is 6.20 Å². The summed E-state index contributed by atoms with van der Waals surface area (Å²) in [5, 5.41) is 14.1. The lowest BCUT2D eigenvalue weighted by Gasteiger charge is -2.49. The van der Waals surface area contributed by atoms with E-state index in [-0.39, 0.29) is 0 Å². The summed E-state index contributed by atoms with van der Waals surface area (Å²) in [5.41, 5.74) is 7.01. The third-order valence-electron chi connectivity index (χ3n) is 7.64. The molecule has 1 aromatic heterocycles. The first kappa shape index (κ1) is 20.5. The molecule has 4 heterocycles. The Morgan fingerprint density at radius 1 is 1.03 bits per heavy atom. The van der Waals surface area contributed by atoms with Crippen LogP contribution in [-0.2, 0) is 13.0 Å². The van der Waals surface area contributed by atoms with Gasteiger partial charge in [0.25, 0.3) is 0 Å². The van der Waals surface area contributed by atoms with Gasteiger partial charge in [0.1, 0.15) is 6.07 Å². The van der Waals surface area contributed by atoms with E-state index in [9.17, 15) is 5.26 Å². The topological polar surface area (TPSA) is 58.4 Å². The Hall–Kier alpha value is -3.14. The Kier molecular flexibility index (Phi) is 5.17. The Morgan fingerprint density at radius 3 is 2.76 bits per heavy atom. The smallest absolute Gasteiger partial charge is 0.101 e. The van der Waals surface area contributed by atoms with Gasteiger partial charge in [0.05, 0.1) is 11.1 Å². The summed E-state index contributed by atoms with van der Waals surface area (Å²) in [6.07, 6.45) is 2.87. The van der Waals surface area contributed by atoms with Crippen molar-refractivity contribution >= 4 is 22.3 Å². The number of anilines is 2. The van der Waals surface area contributed by atoms with Crippen molar-refractivity contribution in [3.05, 3.63) is 65.4 Å². The molecule has 33 heavy (non-hydrogen) atoms. The van der Waals surface area contributed by atoms with Gasteiger partial charge >= 0.3 is 0 Å². The summed E-state index contributed by atoms with van der Waals surface area (Å²) in [6, 6.07) is 18.5. The molecule has 0 spiro atoms. The molecule has 0 radical (unpaired) electrons. The van der Waals surface area contributed by atoms with Crippen LogP contribution >= 0.6 is 0 Å². The van der Waals surface area contributed by atoms with Crippen LogP contribution in [0.3, 0.4) is 0 Å². The van der Waals surface area contributed by atoms with Gasteiger partial charge in [0, 0.05) is 80.9 Å². The van der Waals surface area contributed by atoms with Crippen molar-refractivity contribution in [3.63, 3.8) is 0 Å². The number of fused-ring (bicyclic) bond motifs is 3. The number of benzene rings is 2. The summed E-state index contributed by atoms with van der Waals surface area (Å²) in [7, 11) is 0. The predicted octanol–water partition coefficient (Wildman–Crippen LogP) is 3.15. The minimum atomic E-state index is 0.465. The summed E-state index contributed by atoms with van der Waals surface area (Å²) < 4.78 is 0. The average molecular weight is 439 g/mol. The van der Waals surface area contributed by atoms with Crippen molar-refractivity contribution < 1.29 is 0 Å². The van der Waals surface area contributed by atoms with E-state index in [1.165, 1.54) is 22.5 Å². The van der Waals surface area contributed by atoms with Gasteiger partial charge in [-0.3, -0.25) is 9.88 Å². The number of hydrogen-bond donors (Lipinski definition) is 1. The van der Waals surface area contributed by atoms with Crippen LogP contribution in [0.4, 0.5) is 11.4 Å². The molecule has 1 N–H and O–H groups in total. The Morgan fingerprint density at radius 2 is 1.91 bits per heavy atom. The van der Waals surface area contributed by atoms with Gasteiger partial charge in [-0.15, -0.1) is 0 Å². The monoisotopic (exact) mass is 438 g/mol. The SMILES string of the molecule is C[C@@H]1CN(c2ccc(C#N)c3ncccc23)C[C@@H]2Cc3cc(N4CCNCC4)ccc3CN21. The highest BCUT2D eigenvalue weighted by molar-refractivity contribution is 5.95. The molecule has 0 saturated carbocycles. The molecule has 0 aliphatic carbocycles. The van der Waals surface area contributed by atoms with Gasteiger partial charge in [-0.05, 0) is 60.9 Å². The third-order valence-corrected chi connectivity index (χ3v) is 7.64. The van der Waals surface area contributed by atoms with Crippen LogP contribution in [0.25, 0.3) is 10.9 Å². The van der Waals surface area contributed by atoms with Crippen molar-refractivity contribution in [2.24, 2.45) is 0 Å². The van der Waals surface area contributed by atoms with Crippen LogP contribution in [-0.4, -0.2) is 61.2 Å². The van der Waals surface area contributed by atoms with E-state index in [0.717, 1.165) is 63.1 Å². The number of piperazine rings is 2. The molecule has 2 atom stereocenters. The molecule has 2 saturated heterocycles. The first-order chi connectivity index (χ1) is 16.2. The summed E-state index contributed by atoms with van der Waals surface area (Å²) >= 11 is 0. The number of pyridine rings is 1. The van der Waals surface area contributed by atoms with Crippen LogP contribution in [0.1, 0.15) is 23.6 Å². The summed E-state index contributed by atoms with van der Waals surface area (Å²) in [6.45, 7) is 9.66. The zero-order valence-corrected chi connectivity index (χ0v) is 19.2. The summed E-state index contributed by atoms with van der Waals surface area (Å²) in [5.74, 6) is 0. The fourth-order valence-electron chi connectivity index (χ4n) is 5.93. The second-order valence-corrected chi connectivity index (χ2v) is 9.62. The molecule has 2 aromatic carbocycles. The van der Waals surface area contributed by atoms with Crippen molar-refractivity contribution in [2.75, 3.05) is 49.1 Å². The maximum absolute atomic E-state index is 9.53. The van der Waals surface area contributed by atoms with E-state index in [0.29, 0.717) is 17.6 Å². The predicted molar refractivity (Wildman–Crippen MR) is 133 cm³/mol. The van der Waals surface area contributed by atoms with Gasteiger partial charge in [-0.2, -0.15) is 5.26 Å². The van der Waals surface area contributed by atoms with Crippen LogP contribution < -0.4 is 15.1 Å². The maximum Gasteiger partial charge on any atom is 0.101 e. The fourth-order valence-corrected chi connectivity index (χ4v) is 5.93. The molecule has 0 unspecified atom stereocenters. The minimum absolute atomic E-state index is 0.465. The number of aromatic nitrogens is 1. The average Bonchev–Trinajstić information content (AvgIpc) is 2.87. The second-order valence-electron chi connectivity index (χ2n) is 9.62. The number of nitrogens with zero attached hydrogens (tertiary/aromatic N) is 5. The molecule has 3 aliphatic heterocycles. The molecule has 3 aromatic rings. The summed E-state index contributed by atoms with van der Waals surface area (Å²) in [4.78, 5) is 12.2. The van der Waals surface area contributed by atoms with Crippen LogP contribution in [0.5, 0.6) is 0 Å². The van der Waals surface area contributed by atoms with Gasteiger partial charge < -0.3 is 15.1 Å². The van der Waals surface area contributed by atoms with E-state index in [4.69, 9.17) is 0 Å².